The molecule has 74 valence electrons. The molecule has 2 rings (SSSR count). The van der Waals surface area contributed by atoms with Gasteiger partial charge in [-0.05, 0) is 31.9 Å². The molecule has 0 spiro atoms. The van der Waals surface area contributed by atoms with Crippen LogP contribution in [-0.2, 0) is 9.53 Å². The third kappa shape index (κ3) is 2.10. The number of carbonyl (C=O) groups excluding carboxylic acids is 1. The largest absolute Gasteiger partial charge is 0.462 e. The van der Waals surface area contributed by atoms with Crippen molar-refractivity contribution in [2.24, 2.45) is 0 Å². The van der Waals surface area contributed by atoms with Crippen molar-refractivity contribution < 1.29 is 9.53 Å². The normalized spacial score (nSPS) is 17.5. The molecule has 14 heavy (non-hydrogen) atoms. The van der Waals surface area contributed by atoms with Gasteiger partial charge >= 0.3 is 5.97 Å². The quantitative estimate of drug-likeness (QED) is 0.685. The number of carbonyl (C=O) groups is 1. The van der Waals surface area contributed by atoms with Crippen LogP contribution < -0.4 is 0 Å². The first kappa shape index (κ1) is 9.19. The van der Waals surface area contributed by atoms with Crippen LogP contribution in [0.4, 0.5) is 0 Å². The maximum Gasteiger partial charge on any atom is 0.315 e. The van der Waals surface area contributed by atoms with E-state index in [2.05, 4.69) is 4.98 Å². The summed E-state index contributed by atoms with van der Waals surface area (Å²) in [6.07, 6.45) is 3.89. The summed E-state index contributed by atoms with van der Waals surface area (Å²) in [7, 11) is 0. The van der Waals surface area contributed by atoms with Gasteiger partial charge in [-0.25, -0.2) is 0 Å². The Bertz CT molecular complexity index is 319. The minimum Gasteiger partial charge on any atom is -0.462 e. The van der Waals surface area contributed by atoms with Crippen molar-refractivity contribution in [1.82, 2.24) is 4.98 Å². The van der Waals surface area contributed by atoms with Crippen LogP contribution in [0.1, 0.15) is 31.4 Å². The van der Waals surface area contributed by atoms with Gasteiger partial charge in [0.1, 0.15) is 6.10 Å². The van der Waals surface area contributed by atoms with Gasteiger partial charge in [0.05, 0.1) is 11.6 Å². The number of hydrogen-bond acceptors (Lipinski definition) is 3. The Balaban J connectivity index is 1.99. The Hall–Kier alpha value is -1.38. The molecule has 0 bridgehead atoms. The zero-order valence-corrected chi connectivity index (χ0v) is 8.14. The van der Waals surface area contributed by atoms with Crippen molar-refractivity contribution in [3.8, 4) is 0 Å². The highest BCUT2D eigenvalue weighted by molar-refractivity contribution is 5.77. The van der Waals surface area contributed by atoms with E-state index >= 15 is 0 Å². The van der Waals surface area contributed by atoms with E-state index in [0.717, 1.165) is 18.5 Å². The molecule has 0 radical (unpaired) electrons. The monoisotopic (exact) mass is 191 g/mol. The van der Waals surface area contributed by atoms with Crippen LogP contribution in [0.3, 0.4) is 0 Å². The molecule has 3 heteroatoms. The van der Waals surface area contributed by atoms with Crippen LogP contribution in [0.15, 0.2) is 24.4 Å². The fraction of sp³-hybridized carbons (Fsp3) is 0.455. The molecule has 1 aromatic rings. The van der Waals surface area contributed by atoms with Crippen LogP contribution in [0.2, 0.25) is 0 Å². The van der Waals surface area contributed by atoms with Crippen LogP contribution in [-0.4, -0.2) is 17.1 Å². The molecule has 0 amide bonds. The van der Waals surface area contributed by atoms with Gasteiger partial charge in [0.15, 0.2) is 0 Å². The van der Waals surface area contributed by atoms with Crippen LogP contribution in [0.25, 0.3) is 0 Å². The molecule has 0 saturated heterocycles. The molecule has 1 unspecified atom stereocenters. The second kappa shape index (κ2) is 3.78. The summed E-state index contributed by atoms with van der Waals surface area (Å²) in [4.78, 5) is 15.7. The molecule has 1 aliphatic carbocycles. The van der Waals surface area contributed by atoms with Gasteiger partial charge in [-0.3, -0.25) is 9.78 Å². The van der Waals surface area contributed by atoms with Crippen molar-refractivity contribution >= 4 is 5.97 Å². The Kier molecular flexibility index (Phi) is 2.48. The van der Waals surface area contributed by atoms with Crippen LogP contribution in [0.5, 0.6) is 0 Å². The van der Waals surface area contributed by atoms with Crippen LogP contribution >= 0.6 is 0 Å². The topological polar surface area (TPSA) is 39.2 Å². The molecule has 1 aromatic heterocycles. The summed E-state index contributed by atoms with van der Waals surface area (Å²) in [5.41, 5.74) is 0.776. The highest BCUT2D eigenvalue weighted by atomic mass is 16.5. The lowest BCUT2D eigenvalue weighted by molar-refractivity contribution is -0.146. The zero-order chi connectivity index (χ0) is 9.97. The van der Waals surface area contributed by atoms with E-state index in [0.29, 0.717) is 0 Å². The fourth-order valence-electron chi connectivity index (χ4n) is 1.21. The van der Waals surface area contributed by atoms with Crippen molar-refractivity contribution in [2.75, 3.05) is 0 Å². The number of nitrogens with zero attached hydrogens (tertiary/aromatic N) is 1. The molecule has 0 aliphatic heterocycles. The Morgan fingerprint density at radius 3 is 2.93 bits per heavy atom. The summed E-state index contributed by atoms with van der Waals surface area (Å²) in [6, 6.07) is 5.56. The molecule has 3 nitrogen and oxygen atoms in total. The van der Waals surface area contributed by atoms with E-state index in [9.17, 15) is 4.79 Å². The minimum absolute atomic E-state index is 0.161. The van der Waals surface area contributed by atoms with Gasteiger partial charge in [0, 0.05) is 6.20 Å². The summed E-state index contributed by atoms with van der Waals surface area (Å²) >= 11 is 0. The van der Waals surface area contributed by atoms with E-state index in [4.69, 9.17) is 4.74 Å². The highest BCUT2D eigenvalue weighted by Crippen LogP contribution is 2.26. The Morgan fingerprint density at radius 1 is 1.57 bits per heavy atom. The first-order chi connectivity index (χ1) is 6.77. The van der Waals surface area contributed by atoms with E-state index in [1.165, 1.54) is 0 Å². The number of rotatable bonds is 3. The Labute approximate surface area is 83.1 Å². The lowest BCUT2D eigenvalue weighted by Crippen LogP contribution is -2.15. The standard InChI is InChI=1S/C11H13NO2/c1-8(10-4-2-3-7-12-10)11(13)14-9-5-6-9/h2-4,7-9H,5-6H2,1H3. The summed E-state index contributed by atoms with van der Waals surface area (Å²) in [5, 5.41) is 0. The lowest BCUT2D eigenvalue weighted by Gasteiger charge is -2.09. The number of hydrogen-bond donors (Lipinski definition) is 0. The van der Waals surface area contributed by atoms with Crippen molar-refractivity contribution in [2.45, 2.75) is 31.8 Å². The molecule has 1 atom stereocenters. The highest BCUT2D eigenvalue weighted by Gasteiger charge is 2.28. The summed E-state index contributed by atoms with van der Waals surface area (Å²) in [5.74, 6) is -0.414. The van der Waals surface area contributed by atoms with E-state index in [-0.39, 0.29) is 18.0 Å². The zero-order valence-electron chi connectivity index (χ0n) is 8.14. The second-order valence-electron chi connectivity index (χ2n) is 3.61. The molecule has 1 heterocycles. The third-order valence-electron chi connectivity index (χ3n) is 2.29. The van der Waals surface area contributed by atoms with Crippen LogP contribution in [0, 0.1) is 0 Å². The van der Waals surface area contributed by atoms with Gasteiger partial charge in [-0.1, -0.05) is 6.07 Å². The maximum atomic E-state index is 11.5. The molecule has 1 fully saturated rings. The van der Waals surface area contributed by atoms with Crippen molar-refractivity contribution in [1.29, 1.82) is 0 Å². The van der Waals surface area contributed by atoms with Crippen molar-refractivity contribution in [3.63, 3.8) is 0 Å². The van der Waals surface area contributed by atoms with Crippen molar-refractivity contribution in [3.05, 3.63) is 30.1 Å². The molecular weight excluding hydrogens is 178 g/mol. The predicted molar refractivity (Wildman–Crippen MR) is 51.8 cm³/mol. The van der Waals surface area contributed by atoms with E-state index in [1.54, 1.807) is 6.20 Å². The summed E-state index contributed by atoms with van der Waals surface area (Å²) < 4.78 is 5.20. The number of esters is 1. The molecular formula is C11H13NO2. The number of aromatic nitrogens is 1. The lowest BCUT2D eigenvalue weighted by atomic mass is 10.1. The number of ether oxygens (including phenoxy) is 1. The second-order valence-corrected chi connectivity index (χ2v) is 3.61. The van der Waals surface area contributed by atoms with E-state index in [1.807, 2.05) is 25.1 Å². The molecule has 1 aliphatic rings. The Morgan fingerprint density at radius 2 is 2.36 bits per heavy atom. The average Bonchev–Trinajstić information content (AvgIpc) is 3.02. The summed E-state index contributed by atoms with van der Waals surface area (Å²) in [6.45, 7) is 1.83. The first-order valence-corrected chi connectivity index (χ1v) is 4.89. The van der Waals surface area contributed by atoms with Gasteiger partial charge in [0.2, 0.25) is 0 Å². The fourth-order valence-corrected chi connectivity index (χ4v) is 1.21. The van der Waals surface area contributed by atoms with Gasteiger partial charge in [-0.2, -0.15) is 0 Å². The predicted octanol–water partition coefficient (Wildman–Crippen LogP) is 1.89. The number of pyridine rings is 1. The molecule has 1 saturated carbocycles. The van der Waals surface area contributed by atoms with E-state index < -0.39 is 0 Å². The van der Waals surface area contributed by atoms with Gasteiger partial charge in [-0.15, -0.1) is 0 Å². The first-order valence-electron chi connectivity index (χ1n) is 4.89. The third-order valence-corrected chi connectivity index (χ3v) is 2.29. The SMILES string of the molecule is CC(C(=O)OC1CC1)c1ccccn1. The van der Waals surface area contributed by atoms with Gasteiger partial charge in [0.25, 0.3) is 0 Å². The minimum atomic E-state index is -0.253. The van der Waals surface area contributed by atoms with Gasteiger partial charge < -0.3 is 4.74 Å². The molecule has 0 N–H and O–H groups in total. The smallest absolute Gasteiger partial charge is 0.315 e. The molecule has 0 aromatic carbocycles. The average molecular weight is 191 g/mol. The maximum absolute atomic E-state index is 11.5.